The highest BCUT2D eigenvalue weighted by molar-refractivity contribution is 5.71. The molecule has 5 heteroatoms. The molecule has 3 atom stereocenters. The van der Waals surface area contributed by atoms with Gasteiger partial charge >= 0.3 is 12.1 Å². The molecule has 0 heterocycles. The quantitative estimate of drug-likeness (QED) is 0.879. The van der Waals surface area contributed by atoms with Crippen LogP contribution in [0, 0.1) is 11.8 Å². The SMILES string of the molecule is CC1CCC(C(=O)O)C(c2ccccc2C(F)(F)F)C1. The maximum Gasteiger partial charge on any atom is 0.416 e. The van der Waals surface area contributed by atoms with Gasteiger partial charge in [-0.2, -0.15) is 13.2 Å². The Bertz CT molecular complexity index is 496. The van der Waals surface area contributed by atoms with Gasteiger partial charge in [-0.3, -0.25) is 4.79 Å². The van der Waals surface area contributed by atoms with Gasteiger partial charge < -0.3 is 5.11 Å². The summed E-state index contributed by atoms with van der Waals surface area (Å²) in [5, 5.41) is 9.27. The van der Waals surface area contributed by atoms with Gasteiger partial charge in [-0.05, 0) is 42.7 Å². The van der Waals surface area contributed by atoms with Crippen molar-refractivity contribution in [2.24, 2.45) is 11.8 Å². The standard InChI is InChI=1S/C15H17F3O2/c1-9-6-7-11(14(19)20)12(8-9)10-4-2-3-5-13(10)15(16,17)18/h2-5,9,11-12H,6-8H2,1H3,(H,19,20). The fraction of sp³-hybridized carbons (Fsp3) is 0.533. The smallest absolute Gasteiger partial charge is 0.416 e. The van der Waals surface area contributed by atoms with Crippen molar-refractivity contribution in [2.45, 2.75) is 38.3 Å². The van der Waals surface area contributed by atoms with Gasteiger partial charge in [0.05, 0.1) is 11.5 Å². The van der Waals surface area contributed by atoms with Crippen LogP contribution in [-0.2, 0) is 11.0 Å². The second-order valence-electron chi connectivity index (χ2n) is 5.55. The molecule has 1 aliphatic rings. The summed E-state index contributed by atoms with van der Waals surface area (Å²) < 4.78 is 39.2. The highest BCUT2D eigenvalue weighted by Gasteiger charge is 2.40. The first-order valence-electron chi connectivity index (χ1n) is 6.69. The van der Waals surface area contributed by atoms with Crippen LogP contribution >= 0.6 is 0 Å². The summed E-state index contributed by atoms with van der Waals surface area (Å²) in [6.45, 7) is 1.96. The average molecular weight is 286 g/mol. The summed E-state index contributed by atoms with van der Waals surface area (Å²) in [7, 11) is 0. The molecule has 0 spiro atoms. The van der Waals surface area contributed by atoms with E-state index in [1.807, 2.05) is 6.92 Å². The van der Waals surface area contributed by atoms with Crippen LogP contribution in [0.5, 0.6) is 0 Å². The molecular weight excluding hydrogens is 269 g/mol. The van der Waals surface area contributed by atoms with E-state index >= 15 is 0 Å². The molecule has 2 nitrogen and oxygen atoms in total. The van der Waals surface area contributed by atoms with E-state index in [2.05, 4.69) is 0 Å². The molecular formula is C15H17F3O2. The van der Waals surface area contributed by atoms with Crippen molar-refractivity contribution < 1.29 is 23.1 Å². The summed E-state index contributed by atoms with van der Waals surface area (Å²) in [6, 6.07) is 5.34. The van der Waals surface area contributed by atoms with Gasteiger partial charge in [0.15, 0.2) is 0 Å². The summed E-state index contributed by atoms with van der Waals surface area (Å²) in [4.78, 5) is 11.3. The fourth-order valence-corrected chi connectivity index (χ4v) is 3.10. The summed E-state index contributed by atoms with van der Waals surface area (Å²) in [6.07, 6.45) is -2.76. The van der Waals surface area contributed by atoms with E-state index in [4.69, 9.17) is 0 Å². The molecule has 1 N–H and O–H groups in total. The van der Waals surface area contributed by atoms with Gasteiger partial charge in [0.2, 0.25) is 0 Å². The number of hydrogen-bond acceptors (Lipinski definition) is 1. The third-order valence-electron chi connectivity index (χ3n) is 4.10. The minimum absolute atomic E-state index is 0.124. The third-order valence-corrected chi connectivity index (χ3v) is 4.10. The van der Waals surface area contributed by atoms with Crippen molar-refractivity contribution >= 4 is 5.97 Å². The maximum atomic E-state index is 13.1. The first-order valence-corrected chi connectivity index (χ1v) is 6.69. The zero-order valence-corrected chi connectivity index (χ0v) is 11.2. The van der Waals surface area contributed by atoms with Crippen LogP contribution in [0.15, 0.2) is 24.3 Å². The molecule has 0 amide bonds. The van der Waals surface area contributed by atoms with Gasteiger partial charge in [-0.1, -0.05) is 25.1 Å². The first kappa shape index (κ1) is 14.9. The normalized spacial score (nSPS) is 27.3. The van der Waals surface area contributed by atoms with E-state index in [0.29, 0.717) is 12.8 Å². The molecule has 0 aromatic heterocycles. The summed E-state index contributed by atoms with van der Waals surface area (Å²) >= 11 is 0. The van der Waals surface area contributed by atoms with Gasteiger partial charge in [0.1, 0.15) is 0 Å². The highest BCUT2D eigenvalue weighted by atomic mass is 19.4. The molecule has 110 valence electrons. The lowest BCUT2D eigenvalue weighted by Crippen LogP contribution is -2.30. The number of halogens is 3. The Morgan fingerprint density at radius 3 is 2.50 bits per heavy atom. The Morgan fingerprint density at radius 1 is 1.25 bits per heavy atom. The van der Waals surface area contributed by atoms with Crippen LogP contribution in [0.1, 0.15) is 43.2 Å². The van der Waals surface area contributed by atoms with Crippen LogP contribution in [-0.4, -0.2) is 11.1 Å². The van der Waals surface area contributed by atoms with E-state index in [9.17, 15) is 23.1 Å². The Balaban J connectivity index is 2.44. The van der Waals surface area contributed by atoms with Gasteiger partial charge in [-0.25, -0.2) is 0 Å². The Hall–Kier alpha value is -1.52. The molecule has 1 aromatic carbocycles. The van der Waals surface area contributed by atoms with E-state index in [-0.39, 0.29) is 11.5 Å². The molecule has 1 saturated carbocycles. The molecule has 0 radical (unpaired) electrons. The number of aliphatic carboxylic acids is 1. The number of carboxylic acid groups (broad SMARTS) is 1. The third kappa shape index (κ3) is 2.97. The summed E-state index contributed by atoms with van der Waals surface area (Å²) in [5.74, 6) is -2.04. The van der Waals surface area contributed by atoms with Crippen molar-refractivity contribution in [1.29, 1.82) is 0 Å². The van der Waals surface area contributed by atoms with Crippen molar-refractivity contribution in [3.63, 3.8) is 0 Å². The number of carbonyl (C=O) groups is 1. The van der Waals surface area contributed by atoms with Gasteiger partial charge in [0.25, 0.3) is 0 Å². The van der Waals surface area contributed by atoms with E-state index < -0.39 is 29.5 Å². The van der Waals surface area contributed by atoms with Crippen molar-refractivity contribution in [2.75, 3.05) is 0 Å². The number of hydrogen-bond donors (Lipinski definition) is 1. The highest BCUT2D eigenvalue weighted by Crippen LogP contribution is 2.44. The van der Waals surface area contributed by atoms with Crippen LogP contribution in [0.25, 0.3) is 0 Å². The molecule has 3 unspecified atom stereocenters. The first-order chi connectivity index (χ1) is 9.30. The Kier molecular flexibility index (Phi) is 4.06. The molecule has 2 rings (SSSR count). The lowest BCUT2D eigenvalue weighted by Gasteiger charge is -2.34. The summed E-state index contributed by atoms with van der Waals surface area (Å²) in [5.41, 5.74) is -0.579. The lowest BCUT2D eigenvalue weighted by molar-refractivity contribution is -0.145. The predicted molar refractivity (Wildman–Crippen MR) is 68.3 cm³/mol. The van der Waals surface area contributed by atoms with E-state index in [1.165, 1.54) is 12.1 Å². The van der Waals surface area contributed by atoms with Crippen LogP contribution in [0.3, 0.4) is 0 Å². The van der Waals surface area contributed by atoms with E-state index in [0.717, 1.165) is 12.5 Å². The van der Waals surface area contributed by atoms with Crippen molar-refractivity contribution in [1.82, 2.24) is 0 Å². The Morgan fingerprint density at radius 2 is 1.90 bits per heavy atom. The van der Waals surface area contributed by atoms with Crippen molar-refractivity contribution in [3.8, 4) is 0 Å². The molecule has 0 aliphatic heterocycles. The molecule has 1 aliphatic carbocycles. The topological polar surface area (TPSA) is 37.3 Å². The predicted octanol–water partition coefficient (Wildman–Crippen LogP) is 4.31. The molecule has 20 heavy (non-hydrogen) atoms. The minimum atomic E-state index is -4.44. The van der Waals surface area contributed by atoms with Crippen LogP contribution in [0.4, 0.5) is 13.2 Å². The molecule has 0 saturated heterocycles. The zero-order valence-electron chi connectivity index (χ0n) is 11.2. The number of benzene rings is 1. The second kappa shape index (κ2) is 5.46. The number of rotatable bonds is 2. The van der Waals surface area contributed by atoms with Crippen molar-refractivity contribution in [3.05, 3.63) is 35.4 Å². The number of alkyl halides is 3. The monoisotopic (exact) mass is 286 g/mol. The maximum absolute atomic E-state index is 13.1. The lowest BCUT2D eigenvalue weighted by atomic mass is 9.70. The second-order valence-corrected chi connectivity index (χ2v) is 5.55. The zero-order chi connectivity index (χ0) is 14.9. The Labute approximate surface area is 115 Å². The van der Waals surface area contributed by atoms with Gasteiger partial charge in [-0.15, -0.1) is 0 Å². The average Bonchev–Trinajstić information content (AvgIpc) is 2.37. The number of carboxylic acids is 1. The molecule has 1 aromatic rings. The van der Waals surface area contributed by atoms with E-state index in [1.54, 1.807) is 6.07 Å². The largest absolute Gasteiger partial charge is 0.481 e. The minimum Gasteiger partial charge on any atom is -0.481 e. The van der Waals surface area contributed by atoms with Gasteiger partial charge in [0, 0.05) is 0 Å². The van der Waals surface area contributed by atoms with Crippen LogP contribution < -0.4 is 0 Å². The molecule has 0 bridgehead atoms. The fourth-order valence-electron chi connectivity index (χ4n) is 3.10. The van der Waals surface area contributed by atoms with Crippen LogP contribution in [0.2, 0.25) is 0 Å². The molecule has 1 fully saturated rings.